The third-order valence-corrected chi connectivity index (χ3v) is 2.20. The van der Waals surface area contributed by atoms with Crippen molar-refractivity contribution in [2.45, 2.75) is 6.54 Å². The highest BCUT2D eigenvalue weighted by atomic mass is 16.5. The van der Waals surface area contributed by atoms with E-state index >= 15 is 0 Å². The average molecular weight is 232 g/mol. The normalized spacial score (nSPS) is 9.94. The van der Waals surface area contributed by atoms with Crippen molar-refractivity contribution in [2.75, 3.05) is 12.4 Å². The highest BCUT2D eigenvalue weighted by molar-refractivity contribution is 5.93. The average Bonchev–Trinajstić information content (AvgIpc) is 2.89. The Morgan fingerprint density at radius 1 is 1.41 bits per heavy atom. The van der Waals surface area contributed by atoms with Crippen molar-refractivity contribution < 1.29 is 9.32 Å². The van der Waals surface area contributed by atoms with Gasteiger partial charge in [0.25, 0.3) is 5.91 Å². The number of aromatic nitrogens is 2. The lowest BCUT2D eigenvalue weighted by Gasteiger charge is -2.03. The first-order valence-electron chi connectivity index (χ1n) is 5.11. The molecule has 0 aromatic carbocycles. The summed E-state index contributed by atoms with van der Waals surface area (Å²) < 4.78 is 4.66. The molecule has 0 unspecified atom stereocenters. The Balaban J connectivity index is 1.95. The van der Waals surface area contributed by atoms with E-state index in [0.29, 0.717) is 17.8 Å². The number of hydrogen-bond acceptors (Lipinski definition) is 5. The predicted octanol–water partition coefficient (Wildman–Crippen LogP) is 1.04. The summed E-state index contributed by atoms with van der Waals surface area (Å²) in [5.74, 6) is 0.529. The van der Waals surface area contributed by atoms with Crippen LogP contribution in [-0.2, 0) is 6.54 Å². The number of anilines is 1. The van der Waals surface area contributed by atoms with Crippen molar-refractivity contribution in [3.63, 3.8) is 0 Å². The summed E-state index contributed by atoms with van der Waals surface area (Å²) in [6.45, 7) is 0.336. The van der Waals surface area contributed by atoms with Crippen molar-refractivity contribution in [3.05, 3.63) is 41.9 Å². The molecule has 2 N–H and O–H groups in total. The Hall–Kier alpha value is -2.37. The van der Waals surface area contributed by atoms with E-state index in [1.54, 1.807) is 25.2 Å². The first kappa shape index (κ1) is 11.1. The van der Waals surface area contributed by atoms with Crippen LogP contribution in [0.25, 0.3) is 0 Å². The van der Waals surface area contributed by atoms with Gasteiger partial charge in [0.15, 0.2) is 0 Å². The van der Waals surface area contributed by atoms with Crippen LogP contribution in [0.2, 0.25) is 0 Å². The summed E-state index contributed by atoms with van der Waals surface area (Å²) in [6, 6.07) is 5.14. The second-order valence-electron chi connectivity index (χ2n) is 3.36. The lowest BCUT2D eigenvalue weighted by Crippen LogP contribution is -2.23. The van der Waals surface area contributed by atoms with Crippen LogP contribution in [-0.4, -0.2) is 23.1 Å². The molecule has 0 saturated heterocycles. The number of nitrogens with one attached hydrogen (secondary N) is 2. The van der Waals surface area contributed by atoms with Crippen molar-refractivity contribution in [3.8, 4) is 0 Å². The highest BCUT2D eigenvalue weighted by Crippen LogP contribution is 2.04. The molecule has 2 rings (SSSR count). The largest absolute Gasteiger partial charge is 0.373 e. The smallest absolute Gasteiger partial charge is 0.253 e. The van der Waals surface area contributed by atoms with Gasteiger partial charge in [0.05, 0.1) is 12.1 Å². The van der Waals surface area contributed by atoms with E-state index in [9.17, 15) is 4.79 Å². The van der Waals surface area contributed by atoms with E-state index in [2.05, 4.69) is 25.3 Å². The molecule has 0 saturated carbocycles. The second-order valence-corrected chi connectivity index (χ2v) is 3.36. The van der Waals surface area contributed by atoms with E-state index in [0.717, 1.165) is 5.82 Å². The summed E-state index contributed by atoms with van der Waals surface area (Å²) in [6.07, 6.45) is 2.98. The summed E-state index contributed by atoms with van der Waals surface area (Å²) >= 11 is 0. The van der Waals surface area contributed by atoms with E-state index < -0.39 is 0 Å². The van der Waals surface area contributed by atoms with Gasteiger partial charge in [-0.25, -0.2) is 4.98 Å². The molecule has 0 bridgehead atoms. The lowest BCUT2D eigenvalue weighted by atomic mass is 10.2. The molecule has 0 fully saturated rings. The molecule has 0 spiro atoms. The molecule has 0 atom stereocenters. The van der Waals surface area contributed by atoms with E-state index in [4.69, 9.17) is 0 Å². The Kier molecular flexibility index (Phi) is 3.34. The molecule has 0 radical (unpaired) electrons. The summed E-state index contributed by atoms with van der Waals surface area (Å²) in [5.41, 5.74) is 1.19. The van der Waals surface area contributed by atoms with Gasteiger partial charge >= 0.3 is 0 Å². The van der Waals surface area contributed by atoms with Gasteiger partial charge in [-0.1, -0.05) is 5.16 Å². The molecule has 88 valence electrons. The minimum atomic E-state index is -0.192. The standard InChI is InChI=1S/C11H12N4O2/c1-12-10-3-2-8(6-13-10)11(16)14-7-9-4-5-17-15-9/h2-6H,7H2,1H3,(H,12,13)(H,14,16). The van der Waals surface area contributed by atoms with E-state index in [-0.39, 0.29) is 5.91 Å². The summed E-state index contributed by atoms with van der Waals surface area (Å²) in [5, 5.41) is 9.29. The Bertz CT molecular complexity index is 479. The number of hydrogen-bond donors (Lipinski definition) is 2. The molecule has 0 aliphatic carbocycles. The van der Waals surface area contributed by atoms with Crippen LogP contribution in [0, 0.1) is 0 Å². The Morgan fingerprint density at radius 2 is 2.29 bits per heavy atom. The zero-order valence-electron chi connectivity index (χ0n) is 9.30. The lowest BCUT2D eigenvalue weighted by molar-refractivity contribution is 0.0950. The van der Waals surface area contributed by atoms with E-state index in [1.165, 1.54) is 12.5 Å². The molecule has 6 heteroatoms. The molecule has 0 aliphatic heterocycles. The maximum Gasteiger partial charge on any atom is 0.253 e. The molecule has 0 aliphatic rings. The number of pyridine rings is 1. The van der Waals surface area contributed by atoms with Gasteiger partial charge in [0.2, 0.25) is 0 Å². The first-order valence-corrected chi connectivity index (χ1v) is 5.11. The van der Waals surface area contributed by atoms with Crippen LogP contribution in [0.15, 0.2) is 35.2 Å². The summed E-state index contributed by atoms with van der Waals surface area (Å²) in [4.78, 5) is 15.8. The number of amides is 1. The van der Waals surface area contributed by atoms with Crippen molar-refractivity contribution in [1.82, 2.24) is 15.5 Å². The van der Waals surface area contributed by atoms with E-state index in [1.807, 2.05) is 0 Å². The molecule has 17 heavy (non-hydrogen) atoms. The van der Waals surface area contributed by atoms with Gasteiger partial charge in [-0.2, -0.15) is 0 Å². The molecule has 6 nitrogen and oxygen atoms in total. The van der Waals surface area contributed by atoms with Gasteiger partial charge in [0.1, 0.15) is 17.8 Å². The van der Waals surface area contributed by atoms with Gasteiger partial charge in [-0.15, -0.1) is 0 Å². The van der Waals surface area contributed by atoms with Gasteiger partial charge in [-0.3, -0.25) is 4.79 Å². The van der Waals surface area contributed by atoms with Crippen molar-refractivity contribution in [2.24, 2.45) is 0 Å². The zero-order chi connectivity index (χ0) is 12.1. The third-order valence-electron chi connectivity index (χ3n) is 2.20. The van der Waals surface area contributed by atoms with Crippen LogP contribution < -0.4 is 10.6 Å². The quantitative estimate of drug-likeness (QED) is 0.823. The third kappa shape index (κ3) is 2.81. The Morgan fingerprint density at radius 3 is 2.88 bits per heavy atom. The number of carbonyl (C=O) groups excluding carboxylic acids is 1. The first-order chi connectivity index (χ1) is 8.29. The number of carbonyl (C=O) groups is 1. The zero-order valence-corrected chi connectivity index (χ0v) is 9.30. The maximum absolute atomic E-state index is 11.7. The Labute approximate surface area is 98.0 Å². The number of nitrogens with zero attached hydrogens (tertiary/aromatic N) is 2. The summed E-state index contributed by atoms with van der Waals surface area (Å²) in [7, 11) is 1.77. The van der Waals surface area contributed by atoms with Crippen LogP contribution in [0.5, 0.6) is 0 Å². The fourth-order valence-electron chi connectivity index (χ4n) is 1.28. The second kappa shape index (κ2) is 5.11. The fraction of sp³-hybridized carbons (Fsp3) is 0.182. The van der Waals surface area contributed by atoms with Crippen molar-refractivity contribution in [1.29, 1.82) is 0 Å². The van der Waals surface area contributed by atoms with Crippen LogP contribution >= 0.6 is 0 Å². The fourth-order valence-corrected chi connectivity index (χ4v) is 1.28. The van der Waals surface area contributed by atoms with Gasteiger partial charge in [-0.05, 0) is 12.1 Å². The number of rotatable bonds is 4. The van der Waals surface area contributed by atoms with Gasteiger partial charge in [0, 0.05) is 19.3 Å². The van der Waals surface area contributed by atoms with Crippen LogP contribution in [0.4, 0.5) is 5.82 Å². The van der Waals surface area contributed by atoms with Crippen molar-refractivity contribution >= 4 is 11.7 Å². The molecular weight excluding hydrogens is 220 g/mol. The SMILES string of the molecule is CNc1ccc(C(=O)NCc2ccon2)cn1. The van der Waals surface area contributed by atoms with Crippen LogP contribution in [0.3, 0.4) is 0 Å². The monoisotopic (exact) mass is 232 g/mol. The van der Waals surface area contributed by atoms with Gasteiger partial charge < -0.3 is 15.2 Å². The highest BCUT2D eigenvalue weighted by Gasteiger charge is 2.06. The molecule has 2 aromatic heterocycles. The minimum absolute atomic E-state index is 0.192. The molecule has 1 amide bonds. The molecule has 2 heterocycles. The van der Waals surface area contributed by atoms with Crippen LogP contribution in [0.1, 0.15) is 16.1 Å². The topological polar surface area (TPSA) is 80.0 Å². The minimum Gasteiger partial charge on any atom is -0.373 e. The maximum atomic E-state index is 11.7. The molecular formula is C11H12N4O2. The predicted molar refractivity (Wildman–Crippen MR) is 61.5 cm³/mol. The molecule has 2 aromatic rings.